The molecule has 0 spiro atoms. The first kappa shape index (κ1) is 14.3. The molecule has 2 aromatic carbocycles. The highest BCUT2D eigenvalue weighted by molar-refractivity contribution is 5.96. The standard InChI is InChI=1S/C18H18N2O2/c1-18(2,3)17(21)19-13-9-10-15-14(11-13)20-16(22-15)12-7-5-4-6-8-12/h4-11H,1-3H3,(H,19,21). The molecule has 0 aliphatic rings. The monoisotopic (exact) mass is 294 g/mol. The lowest BCUT2D eigenvalue weighted by molar-refractivity contribution is -0.123. The van der Waals surface area contributed by atoms with Crippen molar-refractivity contribution in [3.63, 3.8) is 0 Å². The minimum atomic E-state index is -0.437. The Morgan fingerprint density at radius 3 is 2.50 bits per heavy atom. The van der Waals surface area contributed by atoms with Crippen molar-refractivity contribution in [1.82, 2.24) is 4.98 Å². The number of nitrogens with zero attached hydrogens (tertiary/aromatic N) is 1. The SMILES string of the molecule is CC(C)(C)C(=O)Nc1ccc2oc(-c3ccccc3)nc2c1. The van der Waals surface area contributed by atoms with Crippen molar-refractivity contribution in [3.8, 4) is 11.5 Å². The molecule has 3 aromatic rings. The number of hydrogen-bond acceptors (Lipinski definition) is 3. The molecule has 1 N–H and O–H groups in total. The van der Waals surface area contributed by atoms with E-state index in [1.54, 1.807) is 0 Å². The van der Waals surface area contributed by atoms with Gasteiger partial charge in [-0.05, 0) is 30.3 Å². The van der Waals surface area contributed by atoms with Gasteiger partial charge in [0.2, 0.25) is 11.8 Å². The average Bonchev–Trinajstić information content (AvgIpc) is 2.90. The van der Waals surface area contributed by atoms with Gasteiger partial charge in [-0.25, -0.2) is 4.98 Å². The molecule has 4 heteroatoms. The van der Waals surface area contributed by atoms with Crippen molar-refractivity contribution in [2.45, 2.75) is 20.8 Å². The van der Waals surface area contributed by atoms with Gasteiger partial charge in [0, 0.05) is 16.7 Å². The van der Waals surface area contributed by atoms with Crippen LogP contribution in [0.15, 0.2) is 52.9 Å². The number of carbonyl (C=O) groups excluding carboxylic acids is 1. The summed E-state index contributed by atoms with van der Waals surface area (Å²) >= 11 is 0. The van der Waals surface area contributed by atoms with Crippen LogP contribution < -0.4 is 5.32 Å². The number of rotatable bonds is 2. The third kappa shape index (κ3) is 2.86. The molecular formula is C18H18N2O2. The molecule has 0 atom stereocenters. The molecule has 3 rings (SSSR count). The highest BCUT2D eigenvalue weighted by Crippen LogP contribution is 2.26. The molecular weight excluding hydrogens is 276 g/mol. The highest BCUT2D eigenvalue weighted by atomic mass is 16.3. The number of carbonyl (C=O) groups is 1. The van der Waals surface area contributed by atoms with E-state index in [4.69, 9.17) is 4.42 Å². The van der Waals surface area contributed by atoms with E-state index in [0.29, 0.717) is 11.5 Å². The molecule has 1 heterocycles. The molecule has 0 saturated heterocycles. The second-order valence-corrected chi connectivity index (χ2v) is 6.27. The van der Waals surface area contributed by atoms with E-state index in [-0.39, 0.29) is 5.91 Å². The van der Waals surface area contributed by atoms with Crippen LogP contribution in [0.5, 0.6) is 0 Å². The van der Waals surface area contributed by atoms with Crippen LogP contribution in [0.25, 0.3) is 22.6 Å². The molecule has 0 unspecified atom stereocenters. The summed E-state index contributed by atoms with van der Waals surface area (Å²) in [6.45, 7) is 5.64. The molecule has 0 fully saturated rings. The number of nitrogens with one attached hydrogen (secondary N) is 1. The van der Waals surface area contributed by atoms with Gasteiger partial charge in [-0.15, -0.1) is 0 Å². The Balaban J connectivity index is 1.92. The summed E-state index contributed by atoms with van der Waals surface area (Å²) in [4.78, 5) is 16.5. The summed E-state index contributed by atoms with van der Waals surface area (Å²) in [5, 5.41) is 2.90. The Morgan fingerprint density at radius 1 is 1.09 bits per heavy atom. The van der Waals surface area contributed by atoms with Gasteiger partial charge >= 0.3 is 0 Å². The van der Waals surface area contributed by atoms with Crippen LogP contribution in [-0.2, 0) is 4.79 Å². The summed E-state index contributed by atoms with van der Waals surface area (Å²) in [6, 6.07) is 15.2. The van der Waals surface area contributed by atoms with Crippen molar-refractivity contribution in [1.29, 1.82) is 0 Å². The summed E-state index contributed by atoms with van der Waals surface area (Å²) < 4.78 is 5.76. The minimum absolute atomic E-state index is 0.0290. The Kier molecular flexibility index (Phi) is 3.45. The van der Waals surface area contributed by atoms with Crippen molar-refractivity contribution in [3.05, 3.63) is 48.5 Å². The number of oxazole rings is 1. The van der Waals surface area contributed by atoms with Gasteiger partial charge in [-0.1, -0.05) is 39.0 Å². The highest BCUT2D eigenvalue weighted by Gasteiger charge is 2.21. The Bertz CT molecular complexity index is 814. The van der Waals surface area contributed by atoms with Crippen molar-refractivity contribution < 1.29 is 9.21 Å². The van der Waals surface area contributed by atoms with E-state index in [9.17, 15) is 4.79 Å². The molecule has 22 heavy (non-hydrogen) atoms. The zero-order chi connectivity index (χ0) is 15.7. The third-order valence-corrected chi connectivity index (χ3v) is 3.35. The molecule has 0 bridgehead atoms. The summed E-state index contributed by atoms with van der Waals surface area (Å²) in [6.07, 6.45) is 0. The van der Waals surface area contributed by atoms with Crippen LogP contribution >= 0.6 is 0 Å². The van der Waals surface area contributed by atoms with Crippen LogP contribution in [0, 0.1) is 5.41 Å². The first-order valence-corrected chi connectivity index (χ1v) is 7.21. The molecule has 1 amide bonds. The second-order valence-electron chi connectivity index (χ2n) is 6.27. The fraction of sp³-hybridized carbons (Fsp3) is 0.222. The van der Waals surface area contributed by atoms with Gasteiger partial charge in [-0.2, -0.15) is 0 Å². The number of amides is 1. The quantitative estimate of drug-likeness (QED) is 0.758. The van der Waals surface area contributed by atoms with E-state index in [0.717, 1.165) is 16.8 Å². The van der Waals surface area contributed by atoms with Gasteiger partial charge in [-0.3, -0.25) is 4.79 Å². The number of hydrogen-bond donors (Lipinski definition) is 1. The number of benzene rings is 2. The number of aromatic nitrogens is 1. The van der Waals surface area contributed by atoms with Gasteiger partial charge in [0.05, 0.1) is 0 Å². The number of fused-ring (bicyclic) bond motifs is 1. The third-order valence-electron chi connectivity index (χ3n) is 3.35. The predicted octanol–water partition coefficient (Wildman–Crippen LogP) is 4.48. The lowest BCUT2D eigenvalue weighted by Gasteiger charge is -2.17. The predicted molar refractivity (Wildman–Crippen MR) is 87.5 cm³/mol. The average molecular weight is 294 g/mol. The molecule has 0 radical (unpaired) electrons. The van der Waals surface area contributed by atoms with Crippen LogP contribution in [0.1, 0.15) is 20.8 Å². The summed E-state index contributed by atoms with van der Waals surface area (Å²) in [5.74, 6) is 0.550. The first-order valence-electron chi connectivity index (χ1n) is 7.21. The maximum atomic E-state index is 12.0. The molecule has 0 aliphatic heterocycles. The lowest BCUT2D eigenvalue weighted by atomic mass is 9.95. The van der Waals surface area contributed by atoms with E-state index < -0.39 is 5.41 Å². The summed E-state index contributed by atoms with van der Waals surface area (Å²) in [7, 11) is 0. The minimum Gasteiger partial charge on any atom is -0.436 e. The smallest absolute Gasteiger partial charge is 0.229 e. The Labute approximate surface area is 129 Å². The lowest BCUT2D eigenvalue weighted by Crippen LogP contribution is -2.27. The van der Waals surface area contributed by atoms with Crippen LogP contribution in [-0.4, -0.2) is 10.9 Å². The van der Waals surface area contributed by atoms with Gasteiger partial charge in [0.15, 0.2) is 5.58 Å². The van der Waals surface area contributed by atoms with Gasteiger partial charge in [0.1, 0.15) is 5.52 Å². The van der Waals surface area contributed by atoms with Crippen molar-refractivity contribution >= 4 is 22.7 Å². The summed E-state index contributed by atoms with van der Waals surface area (Å²) in [5.41, 5.74) is 2.64. The first-order chi connectivity index (χ1) is 10.4. The molecule has 112 valence electrons. The Morgan fingerprint density at radius 2 is 1.82 bits per heavy atom. The fourth-order valence-electron chi connectivity index (χ4n) is 2.03. The molecule has 4 nitrogen and oxygen atoms in total. The second kappa shape index (κ2) is 5.30. The van der Waals surface area contributed by atoms with Crippen LogP contribution in [0.3, 0.4) is 0 Å². The van der Waals surface area contributed by atoms with E-state index >= 15 is 0 Å². The zero-order valence-electron chi connectivity index (χ0n) is 12.9. The van der Waals surface area contributed by atoms with Gasteiger partial charge in [0.25, 0.3) is 0 Å². The molecule has 0 aliphatic carbocycles. The largest absolute Gasteiger partial charge is 0.436 e. The zero-order valence-corrected chi connectivity index (χ0v) is 12.9. The normalized spacial score (nSPS) is 11.6. The topological polar surface area (TPSA) is 55.1 Å². The molecule has 0 saturated carbocycles. The van der Waals surface area contributed by atoms with Crippen molar-refractivity contribution in [2.75, 3.05) is 5.32 Å². The molecule has 1 aromatic heterocycles. The maximum absolute atomic E-state index is 12.0. The fourth-order valence-corrected chi connectivity index (χ4v) is 2.03. The Hall–Kier alpha value is -2.62. The van der Waals surface area contributed by atoms with Crippen LogP contribution in [0.2, 0.25) is 0 Å². The number of anilines is 1. The van der Waals surface area contributed by atoms with E-state index in [2.05, 4.69) is 10.3 Å². The van der Waals surface area contributed by atoms with Crippen molar-refractivity contribution in [2.24, 2.45) is 5.41 Å². The van der Waals surface area contributed by atoms with Gasteiger partial charge < -0.3 is 9.73 Å². The van der Waals surface area contributed by atoms with E-state index in [1.807, 2.05) is 69.3 Å². The van der Waals surface area contributed by atoms with Crippen LogP contribution in [0.4, 0.5) is 5.69 Å². The van der Waals surface area contributed by atoms with E-state index in [1.165, 1.54) is 0 Å². The maximum Gasteiger partial charge on any atom is 0.229 e.